The minimum absolute atomic E-state index is 0.0923. The fourth-order valence-corrected chi connectivity index (χ4v) is 3.40. The SMILES string of the molecule is CN(C)[C@H](CNc1oc(-c2ccccc2F)nc1C#N)c1cccs1. The lowest BCUT2D eigenvalue weighted by Gasteiger charge is -2.23. The number of aromatic nitrogens is 1. The molecule has 0 bridgehead atoms. The zero-order valence-electron chi connectivity index (χ0n) is 13.9. The van der Waals surface area contributed by atoms with Gasteiger partial charge < -0.3 is 14.6 Å². The molecule has 1 N–H and O–H groups in total. The van der Waals surface area contributed by atoms with Crippen molar-refractivity contribution in [3.63, 3.8) is 0 Å². The highest BCUT2D eigenvalue weighted by molar-refractivity contribution is 7.10. The van der Waals surface area contributed by atoms with Gasteiger partial charge in [0, 0.05) is 11.4 Å². The first-order valence-electron chi connectivity index (χ1n) is 7.69. The highest BCUT2D eigenvalue weighted by atomic mass is 32.1. The number of nitrogens with zero attached hydrogens (tertiary/aromatic N) is 3. The summed E-state index contributed by atoms with van der Waals surface area (Å²) in [6, 6.07) is 12.4. The summed E-state index contributed by atoms with van der Waals surface area (Å²) < 4.78 is 19.5. The number of nitrogens with one attached hydrogen (secondary N) is 1. The lowest BCUT2D eigenvalue weighted by atomic mass is 10.2. The summed E-state index contributed by atoms with van der Waals surface area (Å²) in [5.74, 6) is -0.0941. The second-order valence-corrected chi connectivity index (χ2v) is 6.64. The molecule has 2 heterocycles. The van der Waals surface area contributed by atoms with Crippen LogP contribution in [0.15, 0.2) is 46.2 Å². The predicted molar refractivity (Wildman–Crippen MR) is 95.8 cm³/mol. The Kier molecular flexibility index (Phi) is 5.12. The summed E-state index contributed by atoms with van der Waals surface area (Å²) >= 11 is 1.67. The second-order valence-electron chi connectivity index (χ2n) is 5.66. The average molecular weight is 356 g/mol. The number of thiophene rings is 1. The number of rotatable bonds is 6. The summed E-state index contributed by atoms with van der Waals surface area (Å²) in [6.07, 6.45) is 0. The Balaban J connectivity index is 1.83. The zero-order valence-corrected chi connectivity index (χ0v) is 14.7. The van der Waals surface area contributed by atoms with E-state index in [1.165, 1.54) is 10.9 Å². The first-order valence-corrected chi connectivity index (χ1v) is 8.57. The van der Waals surface area contributed by atoms with Crippen molar-refractivity contribution < 1.29 is 8.81 Å². The molecule has 0 aliphatic heterocycles. The number of benzene rings is 1. The van der Waals surface area contributed by atoms with Crippen molar-refractivity contribution in [2.24, 2.45) is 0 Å². The normalized spacial score (nSPS) is 12.1. The molecule has 3 rings (SSSR count). The Bertz CT molecular complexity index is 883. The van der Waals surface area contributed by atoms with Gasteiger partial charge in [-0.3, -0.25) is 0 Å². The van der Waals surface area contributed by atoms with E-state index in [-0.39, 0.29) is 29.1 Å². The van der Waals surface area contributed by atoms with Gasteiger partial charge in [0.15, 0.2) is 0 Å². The molecule has 0 spiro atoms. The summed E-state index contributed by atoms with van der Waals surface area (Å²) in [5.41, 5.74) is 0.344. The second kappa shape index (κ2) is 7.47. The molecule has 25 heavy (non-hydrogen) atoms. The number of oxazole rings is 1. The standard InChI is InChI=1S/C18H17FN4OS/c1-23(2)15(16-8-5-9-25-16)11-21-18-14(10-20)22-17(24-18)12-6-3-4-7-13(12)19/h3-9,15,21H,11H2,1-2H3/t15-/m1/s1. The third kappa shape index (κ3) is 3.71. The first kappa shape index (κ1) is 17.1. The Hall–Kier alpha value is -2.69. The van der Waals surface area contributed by atoms with E-state index in [0.717, 1.165) is 0 Å². The molecule has 0 aliphatic rings. The molecule has 7 heteroatoms. The van der Waals surface area contributed by atoms with E-state index in [0.29, 0.717) is 6.54 Å². The van der Waals surface area contributed by atoms with Gasteiger partial charge in [-0.25, -0.2) is 4.39 Å². The summed E-state index contributed by atoms with van der Waals surface area (Å²) in [5, 5.41) is 14.5. The number of hydrogen-bond donors (Lipinski definition) is 1. The zero-order chi connectivity index (χ0) is 17.8. The lowest BCUT2D eigenvalue weighted by Crippen LogP contribution is -2.26. The molecule has 0 amide bonds. The third-order valence-corrected chi connectivity index (χ3v) is 4.76. The number of anilines is 1. The summed E-state index contributed by atoms with van der Waals surface area (Å²) in [6.45, 7) is 0.536. The van der Waals surface area contributed by atoms with Crippen LogP contribution in [-0.2, 0) is 0 Å². The molecule has 0 fully saturated rings. The van der Waals surface area contributed by atoms with E-state index in [2.05, 4.69) is 21.3 Å². The van der Waals surface area contributed by atoms with Crippen LogP contribution in [0, 0.1) is 17.1 Å². The molecular weight excluding hydrogens is 339 g/mol. The van der Waals surface area contributed by atoms with E-state index in [1.807, 2.05) is 31.6 Å². The quantitative estimate of drug-likeness (QED) is 0.719. The largest absolute Gasteiger partial charge is 0.419 e. The van der Waals surface area contributed by atoms with E-state index in [4.69, 9.17) is 4.42 Å². The van der Waals surface area contributed by atoms with Crippen LogP contribution in [0.3, 0.4) is 0 Å². The lowest BCUT2D eigenvalue weighted by molar-refractivity contribution is 0.315. The van der Waals surface area contributed by atoms with Crippen molar-refractivity contribution in [3.8, 4) is 17.5 Å². The molecule has 1 atom stereocenters. The maximum absolute atomic E-state index is 13.9. The first-order chi connectivity index (χ1) is 12.1. The van der Waals surface area contributed by atoms with Gasteiger partial charge >= 0.3 is 0 Å². The van der Waals surface area contributed by atoms with Crippen LogP contribution in [0.1, 0.15) is 16.6 Å². The van der Waals surface area contributed by atoms with E-state index in [1.54, 1.807) is 29.5 Å². The van der Waals surface area contributed by atoms with Crippen LogP contribution in [0.2, 0.25) is 0 Å². The number of halogens is 1. The minimum atomic E-state index is -0.440. The highest BCUT2D eigenvalue weighted by Gasteiger charge is 2.20. The molecular formula is C18H17FN4OS. The molecule has 0 saturated heterocycles. The predicted octanol–water partition coefficient (Wildman–Crippen LogP) is 4.13. The number of nitriles is 1. The van der Waals surface area contributed by atoms with Crippen LogP contribution in [0.25, 0.3) is 11.5 Å². The number of likely N-dealkylation sites (N-methyl/N-ethyl adjacent to an activating group) is 1. The van der Waals surface area contributed by atoms with Crippen molar-refractivity contribution >= 4 is 17.2 Å². The van der Waals surface area contributed by atoms with Crippen molar-refractivity contribution in [1.82, 2.24) is 9.88 Å². The molecule has 5 nitrogen and oxygen atoms in total. The van der Waals surface area contributed by atoms with Crippen molar-refractivity contribution in [3.05, 3.63) is 58.2 Å². The molecule has 2 aromatic heterocycles. The van der Waals surface area contributed by atoms with Gasteiger partial charge in [-0.1, -0.05) is 18.2 Å². The van der Waals surface area contributed by atoms with Crippen LogP contribution in [-0.4, -0.2) is 30.5 Å². The van der Waals surface area contributed by atoms with Gasteiger partial charge in [0.1, 0.15) is 11.9 Å². The molecule has 0 radical (unpaired) electrons. The van der Waals surface area contributed by atoms with Crippen LogP contribution in [0.5, 0.6) is 0 Å². The molecule has 0 aliphatic carbocycles. The van der Waals surface area contributed by atoms with Crippen LogP contribution >= 0.6 is 11.3 Å². The molecule has 0 saturated carbocycles. The van der Waals surface area contributed by atoms with E-state index < -0.39 is 5.82 Å². The van der Waals surface area contributed by atoms with Gasteiger partial charge in [-0.05, 0) is 37.7 Å². The van der Waals surface area contributed by atoms with Gasteiger partial charge in [-0.15, -0.1) is 11.3 Å². The maximum atomic E-state index is 13.9. The monoisotopic (exact) mass is 356 g/mol. The topological polar surface area (TPSA) is 65.1 Å². The molecule has 3 aromatic rings. The smallest absolute Gasteiger partial charge is 0.233 e. The van der Waals surface area contributed by atoms with Crippen molar-refractivity contribution in [2.45, 2.75) is 6.04 Å². The Morgan fingerprint density at radius 3 is 2.76 bits per heavy atom. The molecule has 0 unspecified atom stereocenters. The van der Waals surface area contributed by atoms with Gasteiger partial charge in [0.05, 0.1) is 11.6 Å². The number of hydrogen-bond acceptors (Lipinski definition) is 6. The Labute approximate surface area is 149 Å². The Morgan fingerprint density at radius 1 is 1.32 bits per heavy atom. The Morgan fingerprint density at radius 2 is 2.12 bits per heavy atom. The van der Waals surface area contributed by atoms with Crippen molar-refractivity contribution in [2.75, 3.05) is 26.0 Å². The van der Waals surface area contributed by atoms with Gasteiger partial charge in [0.2, 0.25) is 17.5 Å². The molecule has 1 aromatic carbocycles. The average Bonchev–Trinajstić information content (AvgIpc) is 3.25. The highest BCUT2D eigenvalue weighted by Crippen LogP contribution is 2.29. The minimum Gasteiger partial charge on any atom is -0.419 e. The van der Waals surface area contributed by atoms with Crippen LogP contribution < -0.4 is 5.32 Å². The fourth-order valence-electron chi connectivity index (χ4n) is 2.47. The van der Waals surface area contributed by atoms with E-state index >= 15 is 0 Å². The third-order valence-electron chi connectivity index (χ3n) is 3.79. The summed E-state index contributed by atoms with van der Waals surface area (Å²) in [4.78, 5) is 7.39. The van der Waals surface area contributed by atoms with Crippen molar-refractivity contribution in [1.29, 1.82) is 5.26 Å². The van der Waals surface area contributed by atoms with Crippen LogP contribution in [0.4, 0.5) is 10.3 Å². The molecule has 128 valence electrons. The maximum Gasteiger partial charge on any atom is 0.233 e. The van der Waals surface area contributed by atoms with E-state index in [9.17, 15) is 9.65 Å². The van der Waals surface area contributed by atoms with Gasteiger partial charge in [0.25, 0.3) is 0 Å². The fraction of sp³-hybridized carbons (Fsp3) is 0.222. The summed E-state index contributed by atoms with van der Waals surface area (Å²) in [7, 11) is 3.98. The van der Waals surface area contributed by atoms with Gasteiger partial charge in [-0.2, -0.15) is 10.2 Å².